The maximum atomic E-state index is 14.1. The topological polar surface area (TPSA) is 55.8 Å². The molecule has 1 fully saturated rings. The molecule has 5 nitrogen and oxygen atoms in total. The highest BCUT2D eigenvalue weighted by Gasteiger charge is 2.70. The van der Waals surface area contributed by atoms with E-state index in [9.17, 15) is 14.0 Å². The first kappa shape index (κ1) is 21.2. The molecule has 2 unspecified atom stereocenters. The number of imide groups is 1. The third-order valence-corrected chi connectivity index (χ3v) is 7.83. The van der Waals surface area contributed by atoms with Crippen LogP contribution < -0.4 is 0 Å². The minimum absolute atomic E-state index is 0.102. The Kier molecular flexibility index (Phi) is 4.73. The highest BCUT2D eigenvalue weighted by atomic mass is 19.1. The summed E-state index contributed by atoms with van der Waals surface area (Å²) >= 11 is 0. The second kappa shape index (κ2) is 7.58. The molecule has 4 aliphatic rings. The molecule has 2 amide bonds. The second-order valence-corrected chi connectivity index (χ2v) is 9.22. The van der Waals surface area contributed by atoms with Crippen molar-refractivity contribution in [3.63, 3.8) is 0 Å². The molecule has 1 aliphatic heterocycles. The fourth-order valence-corrected chi connectivity index (χ4v) is 6.69. The van der Waals surface area contributed by atoms with E-state index in [4.69, 9.17) is 9.47 Å². The van der Waals surface area contributed by atoms with Gasteiger partial charge >= 0.3 is 0 Å². The van der Waals surface area contributed by atoms with Gasteiger partial charge in [0.15, 0.2) is 6.29 Å². The van der Waals surface area contributed by atoms with E-state index in [0.717, 1.165) is 22.3 Å². The highest BCUT2D eigenvalue weighted by Crippen LogP contribution is 2.65. The molecule has 7 rings (SSSR count). The summed E-state index contributed by atoms with van der Waals surface area (Å²) in [5.41, 5.74) is 3.74. The van der Waals surface area contributed by atoms with Gasteiger partial charge in [-0.2, -0.15) is 0 Å². The minimum atomic E-state index is -0.972. The highest BCUT2D eigenvalue weighted by molar-refractivity contribution is 6.08. The Morgan fingerprint density at radius 2 is 1.41 bits per heavy atom. The standard InChI is InChI=1S/C28H24FNO4/c1-33-27(34-2)28-20-9-5-3-7-18(20)22(19-8-4-6-10-21(19)28)23-24(28)26(32)30(25(23)31)15-16-11-13-17(29)14-12-16/h3-14,22-24,27H,15H2,1-2H3. The Morgan fingerprint density at radius 3 is 1.97 bits per heavy atom. The molecule has 3 aromatic carbocycles. The Hall–Kier alpha value is -3.35. The largest absolute Gasteiger partial charge is 0.355 e. The van der Waals surface area contributed by atoms with Gasteiger partial charge < -0.3 is 9.47 Å². The summed E-state index contributed by atoms with van der Waals surface area (Å²) in [6, 6.07) is 21.9. The molecule has 0 spiro atoms. The molecule has 6 heteroatoms. The number of ether oxygens (including phenoxy) is 2. The summed E-state index contributed by atoms with van der Waals surface area (Å²) < 4.78 is 25.2. The van der Waals surface area contributed by atoms with Gasteiger partial charge in [-0.25, -0.2) is 4.39 Å². The lowest BCUT2D eigenvalue weighted by atomic mass is 9.47. The molecule has 2 bridgehead atoms. The summed E-state index contributed by atoms with van der Waals surface area (Å²) in [6.07, 6.45) is -0.772. The van der Waals surface area contributed by atoms with Crippen LogP contribution in [0.15, 0.2) is 72.8 Å². The quantitative estimate of drug-likeness (QED) is 0.430. The molecule has 2 atom stereocenters. The summed E-state index contributed by atoms with van der Waals surface area (Å²) in [7, 11) is 3.14. The third-order valence-electron chi connectivity index (χ3n) is 7.83. The molecule has 172 valence electrons. The van der Waals surface area contributed by atoms with Crippen molar-refractivity contribution in [2.75, 3.05) is 14.2 Å². The number of methoxy groups -OCH3 is 2. The van der Waals surface area contributed by atoms with E-state index >= 15 is 0 Å². The number of carbonyl (C=O) groups excluding carboxylic acids is 2. The monoisotopic (exact) mass is 457 g/mol. The lowest BCUT2D eigenvalue weighted by Gasteiger charge is -2.56. The number of likely N-dealkylation sites (tertiary alicyclic amines) is 1. The lowest BCUT2D eigenvalue weighted by Crippen LogP contribution is -2.60. The molecular weight excluding hydrogens is 433 g/mol. The predicted molar refractivity (Wildman–Crippen MR) is 122 cm³/mol. The minimum Gasteiger partial charge on any atom is -0.355 e. The van der Waals surface area contributed by atoms with Gasteiger partial charge in [0, 0.05) is 20.1 Å². The Morgan fingerprint density at radius 1 is 0.853 bits per heavy atom. The number of halogens is 1. The van der Waals surface area contributed by atoms with Crippen molar-refractivity contribution >= 4 is 11.8 Å². The molecule has 1 heterocycles. The first-order valence-electron chi connectivity index (χ1n) is 11.4. The average molecular weight is 458 g/mol. The summed E-state index contributed by atoms with van der Waals surface area (Å²) in [6.45, 7) is 0.102. The van der Waals surface area contributed by atoms with Crippen LogP contribution in [0.4, 0.5) is 4.39 Å². The average Bonchev–Trinajstić information content (AvgIpc) is 3.12. The van der Waals surface area contributed by atoms with Crippen molar-refractivity contribution in [3.05, 3.63) is 106 Å². The second-order valence-electron chi connectivity index (χ2n) is 9.22. The third kappa shape index (κ3) is 2.55. The number of carbonyl (C=O) groups is 2. The molecule has 34 heavy (non-hydrogen) atoms. The zero-order valence-electron chi connectivity index (χ0n) is 18.9. The van der Waals surface area contributed by atoms with Gasteiger partial charge in [-0.05, 0) is 39.9 Å². The normalized spacial score (nSPS) is 26.6. The first-order chi connectivity index (χ1) is 16.5. The van der Waals surface area contributed by atoms with Crippen LogP contribution in [0.3, 0.4) is 0 Å². The first-order valence-corrected chi connectivity index (χ1v) is 11.4. The van der Waals surface area contributed by atoms with Gasteiger partial charge in [0.25, 0.3) is 0 Å². The molecule has 0 saturated carbocycles. The smallest absolute Gasteiger partial charge is 0.234 e. The van der Waals surface area contributed by atoms with E-state index in [-0.39, 0.29) is 30.1 Å². The fourth-order valence-electron chi connectivity index (χ4n) is 6.69. The molecule has 0 aromatic heterocycles. The number of hydrogen-bond acceptors (Lipinski definition) is 4. The van der Waals surface area contributed by atoms with Crippen LogP contribution in [0.1, 0.15) is 33.7 Å². The molecular formula is C28H24FNO4. The van der Waals surface area contributed by atoms with Crippen LogP contribution in [0.2, 0.25) is 0 Å². The van der Waals surface area contributed by atoms with Crippen LogP contribution in [0.25, 0.3) is 0 Å². The van der Waals surface area contributed by atoms with E-state index in [0.29, 0.717) is 5.56 Å². The molecule has 3 aromatic rings. The van der Waals surface area contributed by atoms with Gasteiger partial charge in [0.2, 0.25) is 11.8 Å². The molecule has 0 radical (unpaired) electrons. The maximum absolute atomic E-state index is 14.1. The summed E-state index contributed by atoms with van der Waals surface area (Å²) in [5, 5.41) is 0. The number of amides is 2. The predicted octanol–water partition coefficient (Wildman–Crippen LogP) is 3.99. The van der Waals surface area contributed by atoms with E-state index in [2.05, 4.69) is 0 Å². The maximum Gasteiger partial charge on any atom is 0.234 e. The van der Waals surface area contributed by atoms with Gasteiger partial charge in [-0.15, -0.1) is 0 Å². The van der Waals surface area contributed by atoms with E-state index in [1.165, 1.54) is 17.0 Å². The SMILES string of the molecule is COC(OC)C12c3ccccc3C(c3ccccc31)C1C(=O)N(Cc3ccc(F)cc3)C(=O)C12. The van der Waals surface area contributed by atoms with E-state index in [1.807, 2.05) is 48.5 Å². The fraction of sp³-hybridized carbons (Fsp3) is 0.286. The van der Waals surface area contributed by atoms with E-state index in [1.54, 1.807) is 26.4 Å². The lowest BCUT2D eigenvalue weighted by molar-refractivity contribution is -0.169. The number of hydrogen-bond donors (Lipinski definition) is 0. The van der Waals surface area contributed by atoms with Crippen molar-refractivity contribution < 1.29 is 23.5 Å². The zero-order chi connectivity index (χ0) is 23.6. The van der Waals surface area contributed by atoms with Crippen molar-refractivity contribution in [2.24, 2.45) is 11.8 Å². The number of rotatable bonds is 5. The number of nitrogens with zero attached hydrogens (tertiary/aromatic N) is 1. The van der Waals surface area contributed by atoms with Crippen LogP contribution in [0, 0.1) is 17.7 Å². The summed E-state index contributed by atoms with van der Waals surface area (Å²) in [5.74, 6) is -2.27. The summed E-state index contributed by atoms with van der Waals surface area (Å²) in [4.78, 5) is 29.4. The van der Waals surface area contributed by atoms with Crippen LogP contribution >= 0.6 is 0 Å². The molecule has 1 saturated heterocycles. The van der Waals surface area contributed by atoms with Gasteiger partial charge in [0.1, 0.15) is 5.82 Å². The Labute approximate surface area is 197 Å². The van der Waals surface area contributed by atoms with Gasteiger partial charge in [0.05, 0.1) is 23.8 Å². The van der Waals surface area contributed by atoms with Crippen molar-refractivity contribution in [1.82, 2.24) is 4.90 Å². The van der Waals surface area contributed by atoms with Crippen molar-refractivity contribution in [3.8, 4) is 0 Å². The van der Waals surface area contributed by atoms with Crippen molar-refractivity contribution in [1.29, 1.82) is 0 Å². The van der Waals surface area contributed by atoms with Gasteiger partial charge in [-0.1, -0.05) is 60.7 Å². The molecule has 3 aliphatic carbocycles. The van der Waals surface area contributed by atoms with Crippen LogP contribution in [-0.2, 0) is 31.0 Å². The van der Waals surface area contributed by atoms with Gasteiger partial charge in [-0.3, -0.25) is 14.5 Å². The molecule has 0 N–H and O–H groups in total. The van der Waals surface area contributed by atoms with Crippen LogP contribution in [-0.4, -0.2) is 37.2 Å². The zero-order valence-corrected chi connectivity index (χ0v) is 18.9. The van der Waals surface area contributed by atoms with Crippen LogP contribution in [0.5, 0.6) is 0 Å². The Bertz CT molecular complexity index is 1250. The van der Waals surface area contributed by atoms with Crippen molar-refractivity contribution in [2.45, 2.75) is 24.2 Å². The Balaban J connectivity index is 1.58. The van der Waals surface area contributed by atoms with E-state index < -0.39 is 23.5 Å². The number of benzene rings is 3.